The first kappa shape index (κ1) is 16.7. The Hall–Kier alpha value is -2.11. The van der Waals surface area contributed by atoms with Crippen molar-refractivity contribution < 1.29 is 9.47 Å². The van der Waals surface area contributed by atoms with Crippen LogP contribution in [-0.2, 0) is 6.42 Å². The molecule has 2 heterocycles. The van der Waals surface area contributed by atoms with E-state index in [1.807, 2.05) is 26.4 Å². The molecule has 0 saturated carbocycles. The molecule has 1 aromatic carbocycles. The van der Waals surface area contributed by atoms with Crippen LogP contribution in [0.1, 0.15) is 22.7 Å². The number of likely N-dealkylation sites (N-methyl/N-ethyl adjacent to an activating group) is 1. The van der Waals surface area contributed by atoms with E-state index < -0.39 is 0 Å². The topological polar surface area (TPSA) is 46.6 Å². The van der Waals surface area contributed by atoms with Gasteiger partial charge in [-0.15, -0.1) is 0 Å². The molecular weight excluding hydrogens is 302 g/mol. The van der Waals surface area contributed by atoms with Crippen LogP contribution in [0.3, 0.4) is 0 Å². The molecule has 24 heavy (non-hydrogen) atoms. The number of nitrogens with zero attached hydrogens (tertiary/aromatic N) is 2. The Labute approximate surface area is 143 Å². The highest BCUT2D eigenvalue weighted by molar-refractivity contribution is 5.51. The van der Waals surface area contributed by atoms with Crippen LogP contribution in [0.4, 0.5) is 0 Å². The van der Waals surface area contributed by atoms with Gasteiger partial charge in [0.1, 0.15) is 6.61 Å². The van der Waals surface area contributed by atoms with Crippen molar-refractivity contribution in [3.8, 4) is 11.5 Å². The highest BCUT2D eigenvalue weighted by atomic mass is 16.5. The molecule has 1 aliphatic heterocycles. The Morgan fingerprint density at radius 1 is 1.29 bits per heavy atom. The number of benzene rings is 1. The van der Waals surface area contributed by atoms with Gasteiger partial charge in [-0.05, 0) is 55.4 Å². The van der Waals surface area contributed by atoms with Gasteiger partial charge in [-0.2, -0.15) is 0 Å². The highest BCUT2D eigenvalue weighted by Gasteiger charge is 2.24. The van der Waals surface area contributed by atoms with Crippen LogP contribution in [0.25, 0.3) is 0 Å². The van der Waals surface area contributed by atoms with E-state index in [9.17, 15) is 0 Å². The van der Waals surface area contributed by atoms with Gasteiger partial charge in [-0.3, -0.25) is 4.98 Å². The third kappa shape index (κ3) is 3.68. The third-order valence-corrected chi connectivity index (χ3v) is 4.29. The maximum Gasteiger partial charge on any atom is 0.161 e. The number of rotatable bonds is 6. The Morgan fingerprint density at radius 2 is 2.17 bits per heavy atom. The van der Waals surface area contributed by atoms with Gasteiger partial charge >= 0.3 is 0 Å². The van der Waals surface area contributed by atoms with Gasteiger partial charge in [0.15, 0.2) is 11.5 Å². The van der Waals surface area contributed by atoms with Crippen LogP contribution < -0.4 is 14.8 Å². The maximum atomic E-state index is 5.98. The maximum absolute atomic E-state index is 5.98. The van der Waals surface area contributed by atoms with Crippen molar-refractivity contribution in [1.82, 2.24) is 15.2 Å². The predicted octanol–water partition coefficient (Wildman–Crippen LogP) is 2.27. The third-order valence-electron chi connectivity index (χ3n) is 4.29. The molecule has 0 saturated heterocycles. The van der Waals surface area contributed by atoms with Crippen molar-refractivity contribution in [3.63, 3.8) is 0 Å². The first-order chi connectivity index (χ1) is 11.7. The molecule has 0 amide bonds. The second kappa shape index (κ2) is 7.64. The van der Waals surface area contributed by atoms with Crippen LogP contribution in [-0.4, -0.2) is 50.8 Å². The second-order valence-corrected chi connectivity index (χ2v) is 6.28. The summed E-state index contributed by atoms with van der Waals surface area (Å²) in [7, 11) is 5.77. The zero-order valence-corrected chi connectivity index (χ0v) is 14.6. The van der Waals surface area contributed by atoms with E-state index in [-0.39, 0.29) is 6.04 Å². The quantitative estimate of drug-likeness (QED) is 0.882. The molecule has 0 bridgehead atoms. The Morgan fingerprint density at radius 3 is 2.88 bits per heavy atom. The van der Waals surface area contributed by atoms with Crippen LogP contribution in [0.5, 0.6) is 11.5 Å². The average molecular weight is 327 g/mol. The lowest BCUT2D eigenvalue weighted by Gasteiger charge is -2.28. The normalized spacial score (nSPS) is 16.8. The fraction of sp³-hybridized carbons (Fsp3) is 0.421. The van der Waals surface area contributed by atoms with E-state index in [0.29, 0.717) is 6.61 Å². The van der Waals surface area contributed by atoms with Crippen molar-refractivity contribution >= 4 is 0 Å². The second-order valence-electron chi connectivity index (χ2n) is 6.28. The smallest absolute Gasteiger partial charge is 0.161 e. The fourth-order valence-electron chi connectivity index (χ4n) is 3.02. The number of fused-ring (bicyclic) bond motifs is 1. The van der Waals surface area contributed by atoms with Gasteiger partial charge < -0.3 is 19.7 Å². The van der Waals surface area contributed by atoms with Crippen LogP contribution in [0.2, 0.25) is 0 Å². The van der Waals surface area contributed by atoms with E-state index >= 15 is 0 Å². The van der Waals surface area contributed by atoms with Gasteiger partial charge in [0.05, 0.1) is 13.2 Å². The molecule has 0 aliphatic carbocycles. The van der Waals surface area contributed by atoms with E-state index in [1.165, 1.54) is 16.7 Å². The van der Waals surface area contributed by atoms with Crippen molar-refractivity contribution in [1.29, 1.82) is 0 Å². The zero-order chi connectivity index (χ0) is 16.9. The molecule has 1 aromatic heterocycles. The Kier molecular flexibility index (Phi) is 5.33. The summed E-state index contributed by atoms with van der Waals surface area (Å²) in [4.78, 5) is 6.36. The molecule has 1 N–H and O–H groups in total. The summed E-state index contributed by atoms with van der Waals surface area (Å²) < 4.78 is 11.5. The van der Waals surface area contributed by atoms with Crippen molar-refractivity contribution in [2.75, 3.05) is 40.9 Å². The Bertz CT molecular complexity index is 674. The van der Waals surface area contributed by atoms with Crippen molar-refractivity contribution in [3.05, 3.63) is 53.3 Å². The molecule has 0 fully saturated rings. The number of nitrogens with one attached hydrogen (secondary N) is 1. The number of hydrogen-bond acceptors (Lipinski definition) is 5. The molecule has 0 radical (unpaired) electrons. The van der Waals surface area contributed by atoms with Gasteiger partial charge in [-0.25, -0.2) is 0 Å². The van der Waals surface area contributed by atoms with E-state index in [1.54, 1.807) is 13.3 Å². The summed E-state index contributed by atoms with van der Waals surface area (Å²) in [5.41, 5.74) is 3.72. The molecule has 3 rings (SSSR count). The number of aromatic nitrogens is 1. The highest BCUT2D eigenvalue weighted by Crippen LogP contribution is 2.37. The standard InChI is InChI=1S/C19H25N3O2/c1-22(2)9-10-24-18-12-16-14(11-17(18)23-3)6-8-21-19(16)15-5-4-7-20-13-15/h4-5,7,11-13,19,21H,6,8-10H2,1-3H3. The monoisotopic (exact) mass is 327 g/mol. The molecule has 1 atom stereocenters. The minimum atomic E-state index is 0.143. The first-order valence-electron chi connectivity index (χ1n) is 8.30. The molecule has 5 nitrogen and oxygen atoms in total. The molecule has 1 unspecified atom stereocenters. The lowest BCUT2D eigenvalue weighted by molar-refractivity contribution is 0.250. The zero-order valence-electron chi connectivity index (χ0n) is 14.6. The Balaban J connectivity index is 1.92. The molecule has 0 spiro atoms. The molecule has 5 heteroatoms. The summed E-state index contributed by atoms with van der Waals surface area (Å²) in [6.45, 7) is 2.44. The summed E-state index contributed by atoms with van der Waals surface area (Å²) in [5, 5.41) is 3.59. The van der Waals surface area contributed by atoms with E-state index in [4.69, 9.17) is 9.47 Å². The lowest BCUT2D eigenvalue weighted by atomic mass is 9.90. The number of pyridine rings is 1. The van der Waals surface area contributed by atoms with Gasteiger partial charge in [0.2, 0.25) is 0 Å². The van der Waals surface area contributed by atoms with Crippen LogP contribution in [0.15, 0.2) is 36.7 Å². The molecule has 2 aromatic rings. The summed E-state index contributed by atoms with van der Waals surface area (Å²) in [5.74, 6) is 1.61. The van der Waals surface area contributed by atoms with Crippen molar-refractivity contribution in [2.24, 2.45) is 0 Å². The summed E-state index contributed by atoms with van der Waals surface area (Å²) >= 11 is 0. The SMILES string of the molecule is COc1cc2c(cc1OCCN(C)C)C(c1cccnc1)NCC2. The fourth-order valence-corrected chi connectivity index (χ4v) is 3.02. The van der Waals surface area contributed by atoms with Crippen LogP contribution >= 0.6 is 0 Å². The average Bonchev–Trinajstić information content (AvgIpc) is 2.61. The van der Waals surface area contributed by atoms with E-state index in [2.05, 4.69) is 33.4 Å². The molecule has 1 aliphatic rings. The van der Waals surface area contributed by atoms with Gasteiger partial charge in [0.25, 0.3) is 0 Å². The summed E-state index contributed by atoms with van der Waals surface area (Å²) in [6.07, 6.45) is 4.71. The van der Waals surface area contributed by atoms with Gasteiger partial charge in [0, 0.05) is 25.5 Å². The van der Waals surface area contributed by atoms with Gasteiger partial charge in [-0.1, -0.05) is 6.07 Å². The number of ether oxygens (including phenoxy) is 2. The summed E-state index contributed by atoms with van der Waals surface area (Å²) in [6, 6.07) is 8.46. The first-order valence-corrected chi connectivity index (χ1v) is 8.30. The predicted molar refractivity (Wildman–Crippen MR) is 94.8 cm³/mol. The molecule has 128 valence electrons. The van der Waals surface area contributed by atoms with Crippen LogP contribution in [0, 0.1) is 0 Å². The molecular formula is C19H25N3O2. The lowest BCUT2D eigenvalue weighted by Crippen LogP contribution is -2.30. The number of hydrogen-bond donors (Lipinski definition) is 1. The number of methoxy groups -OCH3 is 1. The largest absolute Gasteiger partial charge is 0.493 e. The minimum absolute atomic E-state index is 0.143. The van der Waals surface area contributed by atoms with Crippen molar-refractivity contribution in [2.45, 2.75) is 12.5 Å². The minimum Gasteiger partial charge on any atom is -0.493 e. The van der Waals surface area contributed by atoms with E-state index in [0.717, 1.165) is 31.0 Å².